The largest absolute Gasteiger partial charge is 0.352 e. The SMILES string of the molecule is C=C(Br)CNC(=O)CC(CN)CC(C)C. The fourth-order valence-electron chi connectivity index (χ4n) is 1.46. The van der Waals surface area contributed by atoms with Gasteiger partial charge in [0.2, 0.25) is 5.91 Å². The third-order valence-electron chi connectivity index (χ3n) is 2.09. The molecule has 15 heavy (non-hydrogen) atoms. The highest BCUT2D eigenvalue weighted by Gasteiger charge is 2.13. The van der Waals surface area contributed by atoms with Crippen LogP contribution in [0, 0.1) is 11.8 Å². The lowest BCUT2D eigenvalue weighted by Gasteiger charge is -2.16. The zero-order chi connectivity index (χ0) is 11.8. The zero-order valence-corrected chi connectivity index (χ0v) is 11.1. The lowest BCUT2D eigenvalue weighted by atomic mass is 9.94. The average molecular weight is 277 g/mol. The van der Waals surface area contributed by atoms with Crippen molar-refractivity contribution in [3.05, 3.63) is 11.1 Å². The van der Waals surface area contributed by atoms with Gasteiger partial charge in [0.1, 0.15) is 0 Å². The first-order chi connectivity index (χ1) is 6.95. The molecule has 3 nitrogen and oxygen atoms in total. The molecule has 0 aliphatic carbocycles. The third kappa shape index (κ3) is 8.63. The molecule has 0 aromatic carbocycles. The number of hydrogen-bond donors (Lipinski definition) is 2. The number of halogens is 1. The molecule has 0 aromatic heterocycles. The van der Waals surface area contributed by atoms with Crippen LogP contribution in [0.15, 0.2) is 11.1 Å². The summed E-state index contributed by atoms with van der Waals surface area (Å²) in [5.41, 5.74) is 5.62. The van der Waals surface area contributed by atoms with E-state index < -0.39 is 0 Å². The Morgan fingerprint density at radius 3 is 2.53 bits per heavy atom. The van der Waals surface area contributed by atoms with E-state index in [0.29, 0.717) is 25.4 Å². The third-order valence-corrected chi connectivity index (χ3v) is 2.37. The molecular formula is C11H21BrN2O. The monoisotopic (exact) mass is 276 g/mol. The van der Waals surface area contributed by atoms with Gasteiger partial charge in [-0.15, -0.1) is 0 Å². The molecule has 1 atom stereocenters. The molecule has 0 saturated carbocycles. The van der Waals surface area contributed by atoms with Crippen LogP contribution in [0.4, 0.5) is 0 Å². The quantitative estimate of drug-likeness (QED) is 0.748. The summed E-state index contributed by atoms with van der Waals surface area (Å²) in [6, 6.07) is 0. The van der Waals surface area contributed by atoms with Crippen LogP contribution in [0.5, 0.6) is 0 Å². The highest BCUT2D eigenvalue weighted by Crippen LogP contribution is 2.14. The van der Waals surface area contributed by atoms with Crippen molar-refractivity contribution in [3.63, 3.8) is 0 Å². The van der Waals surface area contributed by atoms with Gasteiger partial charge in [0.05, 0.1) is 0 Å². The number of carbonyl (C=O) groups excluding carboxylic acids is 1. The van der Waals surface area contributed by atoms with Gasteiger partial charge in [0, 0.05) is 17.4 Å². The van der Waals surface area contributed by atoms with Crippen LogP contribution in [-0.2, 0) is 4.79 Å². The Hall–Kier alpha value is -0.350. The Morgan fingerprint density at radius 2 is 2.13 bits per heavy atom. The summed E-state index contributed by atoms with van der Waals surface area (Å²) in [6.45, 7) is 8.99. The Kier molecular flexibility index (Phi) is 7.70. The first-order valence-electron chi connectivity index (χ1n) is 5.25. The first kappa shape index (κ1) is 14.6. The van der Waals surface area contributed by atoms with Crippen molar-refractivity contribution in [1.82, 2.24) is 5.32 Å². The van der Waals surface area contributed by atoms with Gasteiger partial charge in [0.15, 0.2) is 0 Å². The fraction of sp³-hybridized carbons (Fsp3) is 0.727. The molecule has 0 fully saturated rings. The molecule has 0 rings (SSSR count). The van der Waals surface area contributed by atoms with E-state index in [2.05, 4.69) is 41.7 Å². The van der Waals surface area contributed by atoms with E-state index in [1.807, 2.05) is 0 Å². The summed E-state index contributed by atoms with van der Waals surface area (Å²) in [7, 11) is 0. The van der Waals surface area contributed by atoms with Gasteiger partial charge < -0.3 is 11.1 Å². The van der Waals surface area contributed by atoms with Crippen molar-refractivity contribution in [2.24, 2.45) is 17.6 Å². The predicted octanol–water partition coefficient (Wildman–Crippen LogP) is 2.02. The van der Waals surface area contributed by atoms with Crippen molar-refractivity contribution >= 4 is 21.8 Å². The number of rotatable bonds is 7. The molecule has 0 heterocycles. The van der Waals surface area contributed by atoms with Gasteiger partial charge in [0.25, 0.3) is 0 Å². The summed E-state index contributed by atoms with van der Waals surface area (Å²) < 4.78 is 0.781. The molecular weight excluding hydrogens is 256 g/mol. The van der Waals surface area contributed by atoms with Gasteiger partial charge in [-0.2, -0.15) is 0 Å². The number of nitrogens with two attached hydrogens (primary N) is 1. The molecule has 0 bridgehead atoms. The normalized spacial score (nSPS) is 12.6. The molecule has 0 aromatic rings. The minimum Gasteiger partial charge on any atom is -0.352 e. The van der Waals surface area contributed by atoms with Crippen molar-refractivity contribution in [3.8, 4) is 0 Å². The molecule has 88 valence electrons. The molecule has 1 amide bonds. The average Bonchev–Trinajstić information content (AvgIpc) is 2.13. The van der Waals surface area contributed by atoms with E-state index >= 15 is 0 Å². The smallest absolute Gasteiger partial charge is 0.220 e. The first-order valence-corrected chi connectivity index (χ1v) is 6.05. The second-order valence-corrected chi connectivity index (χ2v) is 5.35. The van der Waals surface area contributed by atoms with Crippen LogP contribution in [0.2, 0.25) is 0 Å². The maximum atomic E-state index is 11.5. The molecule has 0 radical (unpaired) electrons. The van der Waals surface area contributed by atoms with E-state index in [1.165, 1.54) is 0 Å². The topological polar surface area (TPSA) is 55.1 Å². The van der Waals surface area contributed by atoms with Gasteiger partial charge in [-0.3, -0.25) is 4.79 Å². The summed E-state index contributed by atoms with van der Waals surface area (Å²) in [6.07, 6.45) is 1.51. The molecule has 3 N–H and O–H groups in total. The maximum Gasteiger partial charge on any atom is 0.220 e. The maximum absolute atomic E-state index is 11.5. The van der Waals surface area contributed by atoms with E-state index in [9.17, 15) is 4.79 Å². The Morgan fingerprint density at radius 1 is 1.53 bits per heavy atom. The highest BCUT2D eigenvalue weighted by molar-refractivity contribution is 9.11. The molecule has 1 unspecified atom stereocenters. The number of hydrogen-bond acceptors (Lipinski definition) is 2. The van der Waals surface area contributed by atoms with Crippen molar-refractivity contribution in [2.75, 3.05) is 13.1 Å². The van der Waals surface area contributed by atoms with Crippen LogP contribution >= 0.6 is 15.9 Å². The van der Waals surface area contributed by atoms with E-state index in [4.69, 9.17) is 5.73 Å². The van der Waals surface area contributed by atoms with Crippen molar-refractivity contribution in [1.29, 1.82) is 0 Å². The molecule has 0 aliphatic heterocycles. The van der Waals surface area contributed by atoms with Crippen LogP contribution in [0.3, 0.4) is 0 Å². The summed E-state index contributed by atoms with van der Waals surface area (Å²) in [5.74, 6) is 0.915. The van der Waals surface area contributed by atoms with Gasteiger partial charge in [-0.25, -0.2) is 0 Å². The zero-order valence-electron chi connectivity index (χ0n) is 9.55. The minimum atomic E-state index is 0.0479. The van der Waals surface area contributed by atoms with Crippen LogP contribution in [0.1, 0.15) is 26.7 Å². The molecule has 4 heteroatoms. The molecule has 0 spiro atoms. The molecule has 0 saturated heterocycles. The van der Waals surface area contributed by atoms with Gasteiger partial charge >= 0.3 is 0 Å². The van der Waals surface area contributed by atoms with Gasteiger partial charge in [-0.05, 0) is 24.8 Å². The second kappa shape index (κ2) is 7.88. The van der Waals surface area contributed by atoms with Crippen LogP contribution < -0.4 is 11.1 Å². The standard InChI is InChI=1S/C11H21BrN2O/c1-8(2)4-10(6-13)5-11(15)14-7-9(3)12/h8,10H,3-7,13H2,1-2H3,(H,14,15). The summed E-state index contributed by atoms with van der Waals surface area (Å²) >= 11 is 3.19. The van der Waals surface area contributed by atoms with Crippen molar-refractivity contribution < 1.29 is 4.79 Å². The predicted molar refractivity (Wildman–Crippen MR) is 67.7 cm³/mol. The second-order valence-electron chi connectivity index (χ2n) is 4.23. The van der Waals surface area contributed by atoms with Gasteiger partial charge in [-0.1, -0.05) is 36.4 Å². The Bertz CT molecular complexity index is 217. The van der Waals surface area contributed by atoms with Crippen LogP contribution in [0.25, 0.3) is 0 Å². The summed E-state index contributed by atoms with van der Waals surface area (Å²) in [4.78, 5) is 11.5. The minimum absolute atomic E-state index is 0.0479. The summed E-state index contributed by atoms with van der Waals surface area (Å²) in [5, 5.41) is 2.78. The number of carbonyl (C=O) groups is 1. The van der Waals surface area contributed by atoms with E-state index in [0.717, 1.165) is 10.9 Å². The number of amides is 1. The Labute approximate surface area is 101 Å². The molecule has 0 aliphatic rings. The van der Waals surface area contributed by atoms with Crippen LogP contribution in [-0.4, -0.2) is 19.0 Å². The lowest BCUT2D eigenvalue weighted by Crippen LogP contribution is -2.29. The lowest BCUT2D eigenvalue weighted by molar-refractivity contribution is -0.121. The Balaban J connectivity index is 3.85. The number of nitrogens with one attached hydrogen (secondary N) is 1. The highest BCUT2D eigenvalue weighted by atomic mass is 79.9. The van der Waals surface area contributed by atoms with Crippen molar-refractivity contribution in [2.45, 2.75) is 26.7 Å². The fourth-order valence-corrected chi connectivity index (χ4v) is 1.60. The van der Waals surface area contributed by atoms with E-state index in [-0.39, 0.29) is 11.8 Å². The van der Waals surface area contributed by atoms with E-state index in [1.54, 1.807) is 0 Å².